The van der Waals surface area contributed by atoms with Crippen LogP contribution < -0.4 is 4.90 Å². The van der Waals surface area contributed by atoms with E-state index in [9.17, 15) is 18.8 Å². The first-order chi connectivity index (χ1) is 12.3. The topological polar surface area (TPSA) is 63.7 Å². The monoisotopic (exact) mass is 395 g/mol. The molecule has 26 heavy (non-hydrogen) atoms. The van der Waals surface area contributed by atoms with Gasteiger partial charge in [-0.1, -0.05) is 23.7 Å². The number of methoxy groups -OCH3 is 1. The number of esters is 1. The second kappa shape index (κ2) is 7.05. The average molecular weight is 396 g/mol. The van der Waals surface area contributed by atoms with Crippen LogP contribution in [0.15, 0.2) is 36.4 Å². The Kier molecular flexibility index (Phi) is 4.98. The zero-order chi connectivity index (χ0) is 19.0. The van der Waals surface area contributed by atoms with Gasteiger partial charge in [0.2, 0.25) is 0 Å². The summed E-state index contributed by atoms with van der Waals surface area (Å²) < 4.78 is 19.0. The molecule has 0 fully saturated rings. The SMILES string of the molecule is COC(=O)C(Cl)Cc1cc(N2C(=O)c3ccccc3C2=O)c(F)cc1Cl. The molecule has 0 N–H and O–H groups in total. The van der Waals surface area contributed by atoms with Crippen LogP contribution in [0.4, 0.5) is 10.1 Å². The van der Waals surface area contributed by atoms with Gasteiger partial charge < -0.3 is 4.74 Å². The highest BCUT2D eigenvalue weighted by Crippen LogP contribution is 2.34. The number of carbonyl (C=O) groups is 3. The van der Waals surface area contributed by atoms with E-state index in [0.717, 1.165) is 11.0 Å². The van der Waals surface area contributed by atoms with E-state index in [0.29, 0.717) is 5.56 Å². The molecule has 0 saturated heterocycles. The van der Waals surface area contributed by atoms with Gasteiger partial charge in [-0.05, 0) is 29.8 Å². The minimum Gasteiger partial charge on any atom is -0.468 e. The molecule has 1 aliphatic heterocycles. The number of halogens is 3. The zero-order valence-corrected chi connectivity index (χ0v) is 15.0. The molecule has 0 radical (unpaired) electrons. The molecule has 0 spiro atoms. The average Bonchev–Trinajstić information content (AvgIpc) is 2.88. The van der Waals surface area contributed by atoms with Gasteiger partial charge in [0, 0.05) is 11.4 Å². The van der Waals surface area contributed by atoms with Gasteiger partial charge in [0.25, 0.3) is 11.8 Å². The Balaban J connectivity index is 2.01. The number of hydrogen-bond donors (Lipinski definition) is 0. The summed E-state index contributed by atoms with van der Waals surface area (Å²) in [4.78, 5) is 37.3. The van der Waals surface area contributed by atoms with E-state index in [2.05, 4.69) is 4.74 Å². The minimum absolute atomic E-state index is 0.0254. The van der Waals surface area contributed by atoms with Crippen molar-refractivity contribution in [3.63, 3.8) is 0 Å². The third-order valence-electron chi connectivity index (χ3n) is 4.01. The summed E-state index contributed by atoms with van der Waals surface area (Å²) >= 11 is 12.0. The number of benzene rings is 2. The molecule has 0 aromatic heterocycles. The molecule has 1 heterocycles. The largest absolute Gasteiger partial charge is 0.468 e. The molecular weight excluding hydrogens is 384 g/mol. The fourth-order valence-corrected chi connectivity index (χ4v) is 3.20. The number of imide groups is 1. The van der Waals surface area contributed by atoms with Crippen LogP contribution >= 0.6 is 23.2 Å². The van der Waals surface area contributed by atoms with Gasteiger partial charge in [0.1, 0.15) is 11.2 Å². The fraction of sp³-hybridized carbons (Fsp3) is 0.167. The van der Waals surface area contributed by atoms with Crippen LogP contribution in [0.5, 0.6) is 0 Å². The Morgan fingerprint density at radius 3 is 2.31 bits per heavy atom. The number of ether oxygens (including phenoxy) is 1. The molecule has 5 nitrogen and oxygen atoms in total. The van der Waals surface area contributed by atoms with Crippen LogP contribution in [0.3, 0.4) is 0 Å². The molecule has 2 aromatic rings. The molecule has 0 aliphatic carbocycles. The van der Waals surface area contributed by atoms with Gasteiger partial charge in [-0.3, -0.25) is 14.4 Å². The van der Waals surface area contributed by atoms with Crippen LogP contribution in [0.1, 0.15) is 26.3 Å². The van der Waals surface area contributed by atoms with Gasteiger partial charge in [-0.15, -0.1) is 11.6 Å². The molecule has 3 rings (SSSR count). The van der Waals surface area contributed by atoms with Gasteiger partial charge in [-0.2, -0.15) is 0 Å². The van der Waals surface area contributed by atoms with Crippen LogP contribution in [0.2, 0.25) is 5.02 Å². The van der Waals surface area contributed by atoms with Gasteiger partial charge >= 0.3 is 5.97 Å². The number of hydrogen-bond acceptors (Lipinski definition) is 4. The third-order valence-corrected chi connectivity index (χ3v) is 4.69. The first kappa shape index (κ1) is 18.4. The van der Waals surface area contributed by atoms with Crippen molar-refractivity contribution >= 4 is 46.7 Å². The maximum absolute atomic E-state index is 14.5. The normalized spacial score (nSPS) is 14.4. The van der Waals surface area contributed by atoms with Gasteiger partial charge in [0.05, 0.1) is 23.9 Å². The Labute approximate surface area is 158 Å². The smallest absolute Gasteiger partial charge is 0.324 e. The molecular formula is C18H12Cl2FNO4. The van der Waals surface area contributed by atoms with E-state index in [4.69, 9.17) is 23.2 Å². The number of alkyl halides is 1. The van der Waals surface area contributed by atoms with E-state index in [1.54, 1.807) is 12.1 Å². The van der Waals surface area contributed by atoms with Crippen molar-refractivity contribution in [3.8, 4) is 0 Å². The maximum Gasteiger partial charge on any atom is 0.324 e. The lowest BCUT2D eigenvalue weighted by Gasteiger charge is -2.17. The summed E-state index contributed by atoms with van der Waals surface area (Å²) in [5.41, 5.74) is 0.450. The van der Waals surface area contributed by atoms with E-state index < -0.39 is 29.0 Å². The predicted molar refractivity (Wildman–Crippen MR) is 94.4 cm³/mol. The van der Waals surface area contributed by atoms with Crippen molar-refractivity contribution in [2.24, 2.45) is 0 Å². The van der Waals surface area contributed by atoms with Crippen LogP contribution in [0, 0.1) is 5.82 Å². The van der Waals surface area contributed by atoms with Crippen LogP contribution in [-0.2, 0) is 16.0 Å². The summed E-state index contributed by atoms with van der Waals surface area (Å²) in [7, 11) is 1.19. The lowest BCUT2D eigenvalue weighted by molar-refractivity contribution is -0.140. The first-order valence-electron chi connectivity index (χ1n) is 7.52. The fourth-order valence-electron chi connectivity index (χ4n) is 2.72. The van der Waals surface area contributed by atoms with Gasteiger partial charge in [-0.25, -0.2) is 9.29 Å². The molecule has 1 atom stereocenters. The van der Waals surface area contributed by atoms with Crippen molar-refractivity contribution < 1.29 is 23.5 Å². The summed E-state index contributed by atoms with van der Waals surface area (Å²) in [5, 5.41) is -1.02. The number of fused-ring (bicyclic) bond motifs is 1. The Hall–Kier alpha value is -2.44. The highest BCUT2D eigenvalue weighted by Gasteiger charge is 2.38. The van der Waals surface area contributed by atoms with E-state index in [1.165, 1.54) is 25.3 Å². The molecule has 2 amide bonds. The second-order valence-corrected chi connectivity index (χ2v) is 6.52. The summed E-state index contributed by atoms with van der Waals surface area (Å²) in [6.07, 6.45) is -0.0521. The number of amides is 2. The quantitative estimate of drug-likeness (QED) is 0.450. The number of rotatable bonds is 4. The van der Waals surface area contributed by atoms with Gasteiger partial charge in [0.15, 0.2) is 0 Å². The Morgan fingerprint density at radius 1 is 1.19 bits per heavy atom. The molecule has 0 saturated carbocycles. The van der Waals surface area contributed by atoms with Crippen molar-refractivity contribution in [2.75, 3.05) is 12.0 Å². The molecule has 0 bridgehead atoms. The number of carbonyl (C=O) groups excluding carboxylic acids is 3. The highest BCUT2D eigenvalue weighted by atomic mass is 35.5. The zero-order valence-electron chi connectivity index (χ0n) is 13.5. The molecule has 1 aliphatic rings. The predicted octanol–water partition coefficient (Wildman–Crippen LogP) is 3.60. The van der Waals surface area contributed by atoms with Crippen LogP contribution in [-0.4, -0.2) is 30.3 Å². The van der Waals surface area contributed by atoms with Crippen molar-refractivity contribution in [1.29, 1.82) is 0 Å². The molecule has 2 aromatic carbocycles. The number of nitrogens with zero attached hydrogens (tertiary/aromatic N) is 1. The Morgan fingerprint density at radius 2 is 1.77 bits per heavy atom. The lowest BCUT2D eigenvalue weighted by Crippen LogP contribution is -2.30. The minimum atomic E-state index is -1.04. The molecule has 8 heteroatoms. The number of anilines is 1. The van der Waals surface area contributed by atoms with Crippen LogP contribution in [0.25, 0.3) is 0 Å². The summed E-state index contributed by atoms with van der Waals surface area (Å²) in [6.45, 7) is 0. The van der Waals surface area contributed by atoms with Crippen molar-refractivity contribution in [3.05, 3.63) is 63.9 Å². The second-order valence-electron chi connectivity index (χ2n) is 5.58. The van der Waals surface area contributed by atoms with E-state index >= 15 is 0 Å². The van der Waals surface area contributed by atoms with E-state index in [1.807, 2.05) is 0 Å². The molecule has 1 unspecified atom stereocenters. The third kappa shape index (κ3) is 3.06. The van der Waals surface area contributed by atoms with E-state index in [-0.39, 0.29) is 28.3 Å². The van der Waals surface area contributed by atoms with Crippen molar-refractivity contribution in [1.82, 2.24) is 0 Å². The highest BCUT2D eigenvalue weighted by molar-refractivity contribution is 6.35. The summed E-state index contributed by atoms with van der Waals surface area (Å²) in [6, 6.07) is 8.46. The maximum atomic E-state index is 14.5. The Bertz CT molecular complexity index is 896. The van der Waals surface area contributed by atoms with Crippen molar-refractivity contribution in [2.45, 2.75) is 11.8 Å². The lowest BCUT2D eigenvalue weighted by atomic mass is 10.1. The first-order valence-corrected chi connectivity index (χ1v) is 8.34. The molecule has 134 valence electrons. The standard InChI is InChI=1S/C18H12Cl2FNO4/c1-26-18(25)13(20)6-9-7-15(14(21)8-12(9)19)22-16(23)10-4-2-3-5-11(10)17(22)24/h2-5,7-8,13H,6H2,1H3. The summed E-state index contributed by atoms with van der Waals surface area (Å²) in [5.74, 6) is -2.77.